The van der Waals surface area contributed by atoms with E-state index in [0.29, 0.717) is 40.3 Å². The van der Waals surface area contributed by atoms with Crippen molar-refractivity contribution in [1.29, 1.82) is 0 Å². The number of nitrogens with one attached hydrogen (secondary N) is 1. The molecule has 2 aromatic carbocycles. The van der Waals surface area contributed by atoms with Crippen molar-refractivity contribution in [3.8, 4) is 11.5 Å². The Balaban J connectivity index is 2.08. The Labute approximate surface area is 176 Å². The number of benzene rings is 2. The summed E-state index contributed by atoms with van der Waals surface area (Å²) in [7, 11) is 0. The molecule has 29 heavy (non-hydrogen) atoms. The molecule has 0 heterocycles. The molecule has 0 saturated carbocycles. The highest BCUT2D eigenvalue weighted by Crippen LogP contribution is 2.36. The fourth-order valence-corrected chi connectivity index (χ4v) is 3.01. The van der Waals surface area contributed by atoms with E-state index in [-0.39, 0.29) is 12.1 Å². The maximum absolute atomic E-state index is 12.1. The quantitative estimate of drug-likeness (QED) is 0.249. The maximum Gasteiger partial charge on any atom is 0.273 e. The summed E-state index contributed by atoms with van der Waals surface area (Å²) >= 11 is 3.43. The molecule has 0 unspecified atom stereocenters. The highest BCUT2D eigenvalue weighted by molar-refractivity contribution is 9.10. The number of ether oxygens (including phenoxy) is 2. The lowest BCUT2D eigenvalue weighted by molar-refractivity contribution is -0.385. The summed E-state index contributed by atoms with van der Waals surface area (Å²) in [6.07, 6.45) is 2.92. The second-order valence-electron chi connectivity index (χ2n) is 5.72. The molecule has 0 radical (unpaired) electrons. The van der Waals surface area contributed by atoms with Gasteiger partial charge in [-0.2, -0.15) is 5.10 Å². The van der Waals surface area contributed by atoms with E-state index in [2.05, 4.69) is 33.0 Å². The second kappa shape index (κ2) is 11.0. The topological polar surface area (TPSA) is 103 Å². The van der Waals surface area contributed by atoms with Gasteiger partial charge in [0.2, 0.25) is 5.91 Å². The minimum absolute atomic E-state index is 0.105. The van der Waals surface area contributed by atoms with E-state index in [4.69, 9.17) is 9.47 Å². The first-order chi connectivity index (χ1) is 14.0. The normalized spacial score (nSPS) is 10.6. The number of hydrogen-bond donors (Lipinski definition) is 1. The molecule has 0 saturated heterocycles. The highest BCUT2D eigenvalue weighted by Gasteiger charge is 2.15. The third-order valence-corrected chi connectivity index (χ3v) is 4.21. The molecule has 0 atom stereocenters. The minimum Gasteiger partial charge on any atom is -0.490 e. The van der Waals surface area contributed by atoms with Gasteiger partial charge in [0.25, 0.3) is 5.69 Å². The number of para-hydroxylation sites is 1. The smallest absolute Gasteiger partial charge is 0.273 e. The van der Waals surface area contributed by atoms with Gasteiger partial charge in [0, 0.05) is 11.6 Å². The van der Waals surface area contributed by atoms with Crippen LogP contribution in [0.15, 0.2) is 58.6 Å². The summed E-state index contributed by atoms with van der Waals surface area (Å²) in [5, 5.41) is 14.9. The van der Waals surface area contributed by atoms with Gasteiger partial charge in [-0.05, 0) is 40.5 Å². The Morgan fingerprint density at radius 1 is 1.34 bits per heavy atom. The molecule has 1 amide bonds. The number of nitro groups is 1. The second-order valence-corrected chi connectivity index (χ2v) is 6.57. The summed E-state index contributed by atoms with van der Waals surface area (Å²) in [6, 6.07) is 9.57. The predicted octanol–water partition coefficient (Wildman–Crippen LogP) is 4.01. The van der Waals surface area contributed by atoms with E-state index in [0.717, 1.165) is 0 Å². The number of hydrogen-bond acceptors (Lipinski definition) is 6. The van der Waals surface area contributed by atoms with Crippen LogP contribution >= 0.6 is 15.9 Å². The average Bonchev–Trinajstić information content (AvgIpc) is 2.68. The Bertz CT molecular complexity index is 930. The summed E-state index contributed by atoms with van der Waals surface area (Å²) < 4.78 is 11.9. The largest absolute Gasteiger partial charge is 0.490 e. The molecule has 9 heteroatoms. The fourth-order valence-electron chi connectivity index (χ4n) is 2.44. The minimum atomic E-state index is -0.519. The van der Waals surface area contributed by atoms with E-state index in [1.54, 1.807) is 30.3 Å². The Morgan fingerprint density at radius 2 is 2.10 bits per heavy atom. The molecule has 2 aromatic rings. The SMILES string of the molecule is C=CCOc1c(Br)cc(/C=N/NC(=O)Cc2ccccc2[N+](=O)[O-])cc1OCC. The molecule has 1 N–H and O–H groups in total. The van der Waals surface area contributed by atoms with Crippen molar-refractivity contribution in [3.05, 3.63) is 74.8 Å². The van der Waals surface area contributed by atoms with E-state index >= 15 is 0 Å². The van der Waals surface area contributed by atoms with Crippen molar-refractivity contribution in [2.75, 3.05) is 13.2 Å². The van der Waals surface area contributed by atoms with Crippen LogP contribution in [0.5, 0.6) is 11.5 Å². The molecule has 2 rings (SSSR count). The summed E-state index contributed by atoms with van der Waals surface area (Å²) in [6.45, 7) is 6.25. The molecule has 0 spiro atoms. The van der Waals surface area contributed by atoms with E-state index in [1.807, 2.05) is 6.92 Å². The summed E-state index contributed by atoms with van der Waals surface area (Å²) in [5.41, 5.74) is 3.25. The molecular weight excluding hydrogens is 442 g/mol. The van der Waals surface area contributed by atoms with Crippen LogP contribution in [-0.2, 0) is 11.2 Å². The third kappa shape index (κ3) is 6.42. The van der Waals surface area contributed by atoms with Gasteiger partial charge in [0.1, 0.15) is 6.61 Å². The first kappa shape index (κ1) is 22.1. The van der Waals surface area contributed by atoms with Gasteiger partial charge in [-0.25, -0.2) is 5.43 Å². The van der Waals surface area contributed by atoms with E-state index in [1.165, 1.54) is 18.3 Å². The van der Waals surface area contributed by atoms with Crippen LogP contribution in [0.2, 0.25) is 0 Å². The van der Waals surface area contributed by atoms with Crippen LogP contribution in [0, 0.1) is 10.1 Å². The van der Waals surface area contributed by atoms with Crippen molar-refractivity contribution in [2.45, 2.75) is 13.3 Å². The van der Waals surface area contributed by atoms with Crippen molar-refractivity contribution >= 4 is 33.7 Å². The van der Waals surface area contributed by atoms with Crippen molar-refractivity contribution in [1.82, 2.24) is 5.43 Å². The molecule has 0 bridgehead atoms. The Hall–Kier alpha value is -3.20. The van der Waals surface area contributed by atoms with Crippen molar-refractivity contribution < 1.29 is 19.2 Å². The van der Waals surface area contributed by atoms with Crippen LogP contribution in [0.25, 0.3) is 0 Å². The van der Waals surface area contributed by atoms with Crippen molar-refractivity contribution in [2.24, 2.45) is 5.10 Å². The predicted molar refractivity (Wildman–Crippen MR) is 114 cm³/mol. The Morgan fingerprint density at radius 3 is 2.79 bits per heavy atom. The highest BCUT2D eigenvalue weighted by atomic mass is 79.9. The van der Waals surface area contributed by atoms with Gasteiger partial charge in [0.05, 0.1) is 28.6 Å². The summed E-state index contributed by atoms with van der Waals surface area (Å²) in [4.78, 5) is 22.6. The number of carbonyl (C=O) groups is 1. The molecular formula is C20H20BrN3O5. The van der Waals surface area contributed by atoms with E-state index in [9.17, 15) is 14.9 Å². The zero-order valence-electron chi connectivity index (χ0n) is 15.8. The molecule has 8 nitrogen and oxygen atoms in total. The number of nitro benzene ring substituents is 1. The van der Waals surface area contributed by atoms with Gasteiger partial charge < -0.3 is 9.47 Å². The maximum atomic E-state index is 12.1. The van der Waals surface area contributed by atoms with Crippen LogP contribution < -0.4 is 14.9 Å². The summed E-state index contributed by atoms with van der Waals surface area (Å²) in [5.74, 6) is 0.603. The number of carbonyl (C=O) groups excluding carboxylic acids is 1. The van der Waals surface area contributed by atoms with Crippen LogP contribution in [0.4, 0.5) is 5.69 Å². The van der Waals surface area contributed by atoms with Crippen LogP contribution in [0.3, 0.4) is 0 Å². The monoisotopic (exact) mass is 461 g/mol. The zero-order valence-corrected chi connectivity index (χ0v) is 17.3. The molecule has 0 aliphatic carbocycles. The first-order valence-electron chi connectivity index (χ1n) is 8.70. The molecule has 0 aromatic heterocycles. The van der Waals surface area contributed by atoms with Crippen LogP contribution in [0.1, 0.15) is 18.1 Å². The van der Waals surface area contributed by atoms with Gasteiger partial charge in [-0.15, -0.1) is 0 Å². The number of nitrogens with zero attached hydrogens (tertiary/aromatic N) is 2. The van der Waals surface area contributed by atoms with Gasteiger partial charge >= 0.3 is 0 Å². The number of amides is 1. The van der Waals surface area contributed by atoms with Crippen molar-refractivity contribution in [3.63, 3.8) is 0 Å². The van der Waals surface area contributed by atoms with Gasteiger partial charge in [-0.3, -0.25) is 14.9 Å². The molecule has 0 aliphatic heterocycles. The van der Waals surface area contributed by atoms with E-state index < -0.39 is 10.8 Å². The number of rotatable bonds is 10. The molecule has 152 valence electrons. The molecule has 0 aliphatic rings. The first-order valence-corrected chi connectivity index (χ1v) is 9.49. The lowest BCUT2D eigenvalue weighted by Crippen LogP contribution is -2.20. The fraction of sp³-hybridized carbons (Fsp3) is 0.200. The van der Waals surface area contributed by atoms with Gasteiger partial charge in [0.15, 0.2) is 11.5 Å². The standard InChI is InChI=1S/C20H20BrN3O5/c1-3-9-29-20-16(21)10-14(11-18(20)28-4-2)13-22-23-19(25)12-15-7-5-6-8-17(15)24(26)27/h3,5-8,10-11,13H,1,4,9,12H2,2H3,(H,23,25)/b22-13+. The number of halogens is 1. The average molecular weight is 462 g/mol. The Kier molecular flexibility index (Phi) is 8.35. The van der Waals surface area contributed by atoms with Gasteiger partial charge in [-0.1, -0.05) is 30.9 Å². The lowest BCUT2D eigenvalue weighted by Gasteiger charge is -2.13. The van der Waals surface area contributed by atoms with Crippen LogP contribution in [-0.4, -0.2) is 30.3 Å². The third-order valence-electron chi connectivity index (χ3n) is 3.62. The zero-order chi connectivity index (χ0) is 21.2. The lowest BCUT2D eigenvalue weighted by atomic mass is 10.1. The molecule has 0 fully saturated rings. The number of hydrazone groups is 1.